The van der Waals surface area contributed by atoms with Crippen molar-refractivity contribution in [3.63, 3.8) is 0 Å². The average molecular weight is 290 g/mol. The van der Waals surface area contributed by atoms with Crippen molar-refractivity contribution in [2.45, 2.75) is 13.5 Å². The van der Waals surface area contributed by atoms with Gasteiger partial charge in [0.1, 0.15) is 17.5 Å². The van der Waals surface area contributed by atoms with E-state index in [4.69, 9.17) is 17.3 Å². The molecule has 0 bridgehead atoms. The minimum absolute atomic E-state index is 0.378. The van der Waals surface area contributed by atoms with Gasteiger partial charge in [0.05, 0.1) is 6.54 Å². The lowest BCUT2D eigenvalue weighted by atomic mass is 10.2. The molecule has 1 aromatic heterocycles. The van der Waals surface area contributed by atoms with E-state index < -0.39 is 0 Å². The Bertz CT molecular complexity index is 656. The van der Waals surface area contributed by atoms with E-state index in [0.29, 0.717) is 28.8 Å². The van der Waals surface area contributed by atoms with Gasteiger partial charge in [-0.3, -0.25) is 0 Å². The van der Waals surface area contributed by atoms with Gasteiger partial charge in [-0.05, 0) is 24.6 Å². The molecule has 104 valence electrons. The smallest absolute Gasteiger partial charge is 0.170 e. The number of hydrogen-bond donors (Lipinski definition) is 1. The fraction of sp³-hybridized carbons (Fsp3) is 0.286. The Morgan fingerprint density at radius 2 is 2.25 bits per heavy atom. The molecule has 2 rings (SSSR count). The molecule has 20 heavy (non-hydrogen) atoms. The first-order valence-electron chi connectivity index (χ1n) is 6.28. The van der Waals surface area contributed by atoms with Gasteiger partial charge in [-0.2, -0.15) is 10.4 Å². The maximum absolute atomic E-state index is 9.24. The monoisotopic (exact) mass is 289 g/mol. The highest BCUT2D eigenvalue weighted by molar-refractivity contribution is 6.30. The van der Waals surface area contributed by atoms with E-state index in [1.807, 2.05) is 43.1 Å². The summed E-state index contributed by atoms with van der Waals surface area (Å²) in [5, 5.41) is 14.3. The Labute approximate surface area is 123 Å². The average Bonchev–Trinajstić information content (AvgIpc) is 2.74. The van der Waals surface area contributed by atoms with Gasteiger partial charge in [0.15, 0.2) is 5.82 Å². The number of anilines is 2. The molecule has 1 heterocycles. The number of benzene rings is 1. The minimum atomic E-state index is 0.378. The fourth-order valence-electron chi connectivity index (χ4n) is 1.91. The molecule has 0 aliphatic carbocycles. The first-order valence-corrected chi connectivity index (χ1v) is 6.66. The highest BCUT2D eigenvalue weighted by atomic mass is 35.5. The van der Waals surface area contributed by atoms with Crippen molar-refractivity contribution in [1.29, 1.82) is 5.26 Å². The van der Waals surface area contributed by atoms with Crippen LogP contribution in [-0.2, 0) is 6.54 Å². The molecule has 1 aromatic carbocycles. The number of nitrogen functional groups attached to an aromatic ring is 1. The minimum Gasteiger partial charge on any atom is -0.383 e. The Kier molecular flexibility index (Phi) is 4.16. The molecular weight excluding hydrogens is 274 g/mol. The number of hydrogen-bond acceptors (Lipinski definition) is 4. The molecule has 0 saturated heterocycles. The highest BCUT2D eigenvalue weighted by Gasteiger charge is 2.18. The van der Waals surface area contributed by atoms with Crippen LogP contribution in [-0.4, -0.2) is 23.4 Å². The summed E-state index contributed by atoms with van der Waals surface area (Å²) in [6.45, 7) is 3.23. The predicted octanol–water partition coefficient (Wildman–Crippen LogP) is 2.49. The predicted molar refractivity (Wildman–Crippen MR) is 80.9 cm³/mol. The summed E-state index contributed by atoms with van der Waals surface area (Å²) in [4.78, 5) is 1.89. The summed E-state index contributed by atoms with van der Waals surface area (Å²) < 4.78 is 1.63. The van der Waals surface area contributed by atoms with E-state index in [1.54, 1.807) is 4.68 Å². The van der Waals surface area contributed by atoms with E-state index in [2.05, 4.69) is 11.2 Å². The van der Waals surface area contributed by atoms with Gasteiger partial charge in [0.2, 0.25) is 0 Å². The van der Waals surface area contributed by atoms with Crippen LogP contribution in [0.5, 0.6) is 0 Å². The summed E-state index contributed by atoms with van der Waals surface area (Å²) in [5.74, 6) is 0.984. The topological polar surface area (TPSA) is 70.9 Å². The third-order valence-corrected chi connectivity index (χ3v) is 3.38. The molecular formula is C14H16ClN5. The van der Waals surface area contributed by atoms with Crippen LogP contribution in [0.4, 0.5) is 11.6 Å². The molecule has 0 saturated carbocycles. The molecule has 0 aliphatic rings. The Hall–Kier alpha value is -2.19. The van der Waals surface area contributed by atoms with Gasteiger partial charge in [0.25, 0.3) is 0 Å². The molecule has 0 unspecified atom stereocenters. The van der Waals surface area contributed by atoms with Gasteiger partial charge in [-0.15, -0.1) is 0 Å². The van der Waals surface area contributed by atoms with Crippen LogP contribution in [0.3, 0.4) is 0 Å². The second-order valence-electron chi connectivity index (χ2n) is 4.50. The molecule has 0 radical (unpaired) electrons. The normalized spacial score (nSPS) is 10.3. The van der Waals surface area contributed by atoms with Crippen molar-refractivity contribution >= 4 is 23.2 Å². The van der Waals surface area contributed by atoms with Crippen LogP contribution in [0.15, 0.2) is 24.3 Å². The first kappa shape index (κ1) is 14.2. The Morgan fingerprint density at radius 1 is 1.50 bits per heavy atom. The van der Waals surface area contributed by atoms with Crippen molar-refractivity contribution in [1.82, 2.24) is 9.78 Å². The number of nitrogens with zero attached hydrogens (tertiary/aromatic N) is 4. The van der Waals surface area contributed by atoms with E-state index >= 15 is 0 Å². The SMILES string of the molecule is CCN(C)c1nn(Cc2cccc(Cl)c2)c(N)c1C#N. The van der Waals surface area contributed by atoms with Crippen LogP contribution in [0.1, 0.15) is 18.1 Å². The number of rotatable bonds is 4. The van der Waals surface area contributed by atoms with E-state index in [1.165, 1.54) is 0 Å². The summed E-state index contributed by atoms with van der Waals surface area (Å²) in [5.41, 5.74) is 7.41. The van der Waals surface area contributed by atoms with Crippen LogP contribution in [0.2, 0.25) is 5.02 Å². The quantitative estimate of drug-likeness (QED) is 0.939. The summed E-state index contributed by atoms with van der Waals surface area (Å²) in [6.07, 6.45) is 0. The van der Waals surface area contributed by atoms with Crippen LogP contribution in [0, 0.1) is 11.3 Å². The van der Waals surface area contributed by atoms with Gasteiger partial charge in [-0.1, -0.05) is 23.7 Å². The van der Waals surface area contributed by atoms with Crippen molar-refractivity contribution in [3.05, 3.63) is 40.4 Å². The zero-order valence-corrected chi connectivity index (χ0v) is 12.2. The third-order valence-electron chi connectivity index (χ3n) is 3.14. The lowest BCUT2D eigenvalue weighted by Gasteiger charge is -2.12. The molecule has 0 fully saturated rings. The molecule has 0 atom stereocenters. The van der Waals surface area contributed by atoms with E-state index in [-0.39, 0.29) is 0 Å². The molecule has 6 heteroatoms. The second-order valence-corrected chi connectivity index (χ2v) is 4.93. The van der Waals surface area contributed by atoms with Crippen LogP contribution >= 0.6 is 11.6 Å². The van der Waals surface area contributed by atoms with Gasteiger partial charge in [-0.25, -0.2) is 4.68 Å². The molecule has 5 nitrogen and oxygen atoms in total. The summed E-state index contributed by atoms with van der Waals surface area (Å²) >= 11 is 5.97. The van der Waals surface area contributed by atoms with Crippen molar-refractivity contribution in [3.8, 4) is 6.07 Å². The van der Waals surface area contributed by atoms with Crippen molar-refractivity contribution < 1.29 is 0 Å². The van der Waals surface area contributed by atoms with Crippen molar-refractivity contribution in [2.24, 2.45) is 0 Å². The van der Waals surface area contributed by atoms with Crippen molar-refractivity contribution in [2.75, 3.05) is 24.2 Å². The number of halogens is 1. The summed E-state index contributed by atoms with van der Waals surface area (Å²) in [7, 11) is 1.88. The first-order chi connectivity index (χ1) is 9.56. The van der Waals surface area contributed by atoms with Gasteiger partial charge in [0, 0.05) is 18.6 Å². The molecule has 0 amide bonds. The lowest BCUT2D eigenvalue weighted by molar-refractivity contribution is 0.691. The Morgan fingerprint density at radius 3 is 2.85 bits per heavy atom. The van der Waals surface area contributed by atoms with Gasteiger partial charge < -0.3 is 10.6 Å². The van der Waals surface area contributed by atoms with Crippen LogP contribution in [0.25, 0.3) is 0 Å². The maximum atomic E-state index is 9.24. The summed E-state index contributed by atoms with van der Waals surface area (Å²) in [6, 6.07) is 9.62. The van der Waals surface area contributed by atoms with Crippen LogP contribution < -0.4 is 10.6 Å². The standard InChI is InChI=1S/C14H16ClN5/c1-3-19(2)14-12(8-16)13(17)20(18-14)9-10-5-4-6-11(15)7-10/h4-7H,3,9,17H2,1-2H3. The zero-order chi connectivity index (χ0) is 14.7. The largest absolute Gasteiger partial charge is 0.383 e. The van der Waals surface area contributed by atoms with E-state index in [9.17, 15) is 5.26 Å². The molecule has 2 N–H and O–H groups in total. The number of nitriles is 1. The fourth-order valence-corrected chi connectivity index (χ4v) is 2.13. The lowest BCUT2D eigenvalue weighted by Crippen LogP contribution is -2.17. The Balaban J connectivity index is 2.38. The zero-order valence-electron chi connectivity index (χ0n) is 11.5. The molecule has 0 aliphatic heterocycles. The molecule has 2 aromatic rings. The number of aromatic nitrogens is 2. The highest BCUT2D eigenvalue weighted by Crippen LogP contribution is 2.24. The van der Waals surface area contributed by atoms with E-state index in [0.717, 1.165) is 12.1 Å². The molecule has 0 spiro atoms. The third kappa shape index (κ3) is 2.70. The number of nitrogens with two attached hydrogens (primary N) is 1. The maximum Gasteiger partial charge on any atom is 0.170 e. The second kappa shape index (κ2) is 5.85. The van der Waals surface area contributed by atoms with Gasteiger partial charge >= 0.3 is 0 Å².